The topological polar surface area (TPSA) is 0 Å². The highest BCUT2D eigenvalue weighted by Gasteiger charge is 2.12. The monoisotopic (exact) mass is 268 g/mol. The zero-order chi connectivity index (χ0) is 14.3. The molecular formula is C19H40. The lowest BCUT2D eigenvalue weighted by Gasteiger charge is -2.21. The Morgan fingerprint density at radius 1 is 0.579 bits per heavy atom. The molecule has 0 bridgehead atoms. The summed E-state index contributed by atoms with van der Waals surface area (Å²) in [6.07, 6.45) is 18.8. The predicted molar refractivity (Wildman–Crippen MR) is 89.7 cm³/mol. The first-order valence-corrected chi connectivity index (χ1v) is 9.24. The van der Waals surface area contributed by atoms with Gasteiger partial charge in [-0.1, -0.05) is 105 Å². The Morgan fingerprint density at radius 3 is 1.74 bits per heavy atom. The zero-order valence-electron chi connectivity index (χ0n) is 14.3. The number of unbranched alkanes of at least 4 members (excludes halogenated alkanes) is 6. The summed E-state index contributed by atoms with van der Waals surface area (Å²) < 4.78 is 0. The molecule has 0 saturated heterocycles. The molecule has 19 heavy (non-hydrogen) atoms. The van der Waals surface area contributed by atoms with E-state index in [1.165, 1.54) is 83.5 Å². The molecule has 0 nitrogen and oxygen atoms in total. The molecule has 116 valence electrons. The largest absolute Gasteiger partial charge is 0.0654 e. The number of hydrogen-bond donors (Lipinski definition) is 0. The van der Waals surface area contributed by atoms with Crippen LogP contribution in [0.4, 0.5) is 0 Å². The van der Waals surface area contributed by atoms with Gasteiger partial charge in [0.2, 0.25) is 0 Å². The summed E-state index contributed by atoms with van der Waals surface area (Å²) in [5, 5.41) is 0. The van der Waals surface area contributed by atoms with Gasteiger partial charge in [-0.25, -0.2) is 0 Å². The molecule has 0 saturated carbocycles. The van der Waals surface area contributed by atoms with Crippen LogP contribution in [0.15, 0.2) is 0 Å². The lowest BCUT2D eigenvalue weighted by molar-refractivity contribution is 0.316. The van der Waals surface area contributed by atoms with Gasteiger partial charge in [-0.3, -0.25) is 0 Å². The smallest absolute Gasteiger partial charge is 0.0412 e. The van der Waals surface area contributed by atoms with Gasteiger partial charge in [-0.2, -0.15) is 0 Å². The van der Waals surface area contributed by atoms with Gasteiger partial charge < -0.3 is 0 Å². The molecule has 0 N–H and O–H groups in total. The maximum atomic E-state index is 2.49. The van der Waals surface area contributed by atoms with Crippen molar-refractivity contribution in [1.82, 2.24) is 0 Å². The SMILES string of the molecule is CCCCCCC(CCCC)CC(C)CCCCC. The van der Waals surface area contributed by atoms with E-state index in [1.54, 1.807) is 0 Å². The summed E-state index contributed by atoms with van der Waals surface area (Å²) in [7, 11) is 0. The fourth-order valence-electron chi connectivity index (χ4n) is 3.16. The Bertz CT molecular complexity index is 161. The van der Waals surface area contributed by atoms with Gasteiger partial charge in [0, 0.05) is 0 Å². The van der Waals surface area contributed by atoms with E-state index in [0.717, 1.165) is 11.8 Å². The normalized spacial score (nSPS) is 14.5. The summed E-state index contributed by atoms with van der Waals surface area (Å²) in [6, 6.07) is 0. The molecule has 0 rings (SSSR count). The minimum atomic E-state index is 0.958. The molecule has 0 aliphatic rings. The quantitative estimate of drug-likeness (QED) is 0.288. The van der Waals surface area contributed by atoms with Crippen LogP contribution >= 0.6 is 0 Å². The van der Waals surface area contributed by atoms with E-state index in [1.807, 2.05) is 0 Å². The molecule has 0 aliphatic carbocycles. The van der Waals surface area contributed by atoms with Crippen LogP contribution < -0.4 is 0 Å². The zero-order valence-corrected chi connectivity index (χ0v) is 14.3. The lowest BCUT2D eigenvalue weighted by Crippen LogP contribution is -2.07. The highest BCUT2D eigenvalue weighted by atomic mass is 14.2. The fraction of sp³-hybridized carbons (Fsp3) is 1.00. The van der Waals surface area contributed by atoms with E-state index in [2.05, 4.69) is 27.7 Å². The second kappa shape index (κ2) is 14.4. The Hall–Kier alpha value is 0. The molecule has 0 heterocycles. The van der Waals surface area contributed by atoms with E-state index in [9.17, 15) is 0 Å². The molecule has 2 unspecified atom stereocenters. The highest BCUT2D eigenvalue weighted by molar-refractivity contribution is 4.65. The van der Waals surface area contributed by atoms with E-state index in [0.29, 0.717) is 0 Å². The minimum Gasteiger partial charge on any atom is -0.0654 e. The average Bonchev–Trinajstić information content (AvgIpc) is 2.41. The van der Waals surface area contributed by atoms with E-state index < -0.39 is 0 Å². The van der Waals surface area contributed by atoms with Gasteiger partial charge in [0.05, 0.1) is 0 Å². The Morgan fingerprint density at radius 2 is 1.11 bits per heavy atom. The molecule has 0 aromatic heterocycles. The van der Waals surface area contributed by atoms with Gasteiger partial charge in [0.15, 0.2) is 0 Å². The second-order valence-corrected chi connectivity index (χ2v) is 6.69. The standard InChI is InChI=1S/C19H40/c1-5-8-11-13-16-19(15-10-7-3)17-18(4)14-12-9-6-2/h18-19H,5-17H2,1-4H3. The van der Waals surface area contributed by atoms with Crippen molar-refractivity contribution in [3.8, 4) is 0 Å². The van der Waals surface area contributed by atoms with E-state index in [4.69, 9.17) is 0 Å². The van der Waals surface area contributed by atoms with E-state index >= 15 is 0 Å². The third-order valence-electron chi connectivity index (χ3n) is 4.47. The van der Waals surface area contributed by atoms with Gasteiger partial charge in [-0.15, -0.1) is 0 Å². The summed E-state index contributed by atoms with van der Waals surface area (Å²) >= 11 is 0. The van der Waals surface area contributed by atoms with Crippen molar-refractivity contribution in [2.45, 2.75) is 111 Å². The highest BCUT2D eigenvalue weighted by Crippen LogP contribution is 2.26. The first kappa shape index (κ1) is 19.0. The summed E-state index contributed by atoms with van der Waals surface area (Å²) in [4.78, 5) is 0. The van der Waals surface area contributed by atoms with Gasteiger partial charge in [0.1, 0.15) is 0 Å². The molecule has 0 spiro atoms. The molecule has 0 aromatic rings. The number of hydrogen-bond acceptors (Lipinski definition) is 0. The molecular weight excluding hydrogens is 228 g/mol. The van der Waals surface area contributed by atoms with Crippen molar-refractivity contribution in [3.05, 3.63) is 0 Å². The molecule has 0 amide bonds. The van der Waals surface area contributed by atoms with Crippen molar-refractivity contribution in [2.75, 3.05) is 0 Å². The van der Waals surface area contributed by atoms with Crippen LogP contribution in [0.2, 0.25) is 0 Å². The second-order valence-electron chi connectivity index (χ2n) is 6.69. The van der Waals surface area contributed by atoms with Crippen molar-refractivity contribution < 1.29 is 0 Å². The summed E-state index contributed by atoms with van der Waals surface area (Å²) in [5.41, 5.74) is 0. The minimum absolute atomic E-state index is 0.958. The Labute approximate surface area is 123 Å². The van der Waals surface area contributed by atoms with Gasteiger partial charge in [0.25, 0.3) is 0 Å². The van der Waals surface area contributed by atoms with Crippen molar-refractivity contribution in [3.63, 3.8) is 0 Å². The first-order chi connectivity index (χ1) is 9.24. The average molecular weight is 269 g/mol. The maximum absolute atomic E-state index is 2.49. The first-order valence-electron chi connectivity index (χ1n) is 9.24. The van der Waals surface area contributed by atoms with Crippen LogP contribution in [0.3, 0.4) is 0 Å². The molecule has 2 atom stereocenters. The maximum Gasteiger partial charge on any atom is -0.0412 e. The molecule has 0 heteroatoms. The van der Waals surface area contributed by atoms with Crippen molar-refractivity contribution in [1.29, 1.82) is 0 Å². The molecule has 0 aromatic carbocycles. The van der Waals surface area contributed by atoms with Crippen LogP contribution in [0.1, 0.15) is 111 Å². The van der Waals surface area contributed by atoms with E-state index in [-0.39, 0.29) is 0 Å². The predicted octanol–water partition coefficient (Wildman–Crippen LogP) is 7.37. The molecule has 0 fully saturated rings. The summed E-state index contributed by atoms with van der Waals surface area (Å²) in [6.45, 7) is 9.44. The fourth-order valence-corrected chi connectivity index (χ4v) is 3.16. The number of rotatable bonds is 14. The third kappa shape index (κ3) is 12.8. The van der Waals surface area contributed by atoms with Crippen LogP contribution in [0, 0.1) is 11.8 Å². The van der Waals surface area contributed by atoms with Gasteiger partial charge in [-0.05, 0) is 18.3 Å². The van der Waals surface area contributed by atoms with Crippen molar-refractivity contribution in [2.24, 2.45) is 11.8 Å². The van der Waals surface area contributed by atoms with Gasteiger partial charge >= 0.3 is 0 Å². The Kier molecular flexibility index (Phi) is 14.4. The van der Waals surface area contributed by atoms with Crippen molar-refractivity contribution >= 4 is 0 Å². The van der Waals surface area contributed by atoms with Crippen LogP contribution in [0.25, 0.3) is 0 Å². The summed E-state index contributed by atoms with van der Waals surface area (Å²) in [5.74, 6) is 1.98. The lowest BCUT2D eigenvalue weighted by atomic mass is 9.85. The molecule has 0 radical (unpaired) electrons. The van der Waals surface area contributed by atoms with Crippen LogP contribution in [-0.2, 0) is 0 Å². The van der Waals surface area contributed by atoms with Crippen LogP contribution in [-0.4, -0.2) is 0 Å². The third-order valence-corrected chi connectivity index (χ3v) is 4.47. The molecule has 0 aliphatic heterocycles. The Balaban J connectivity index is 3.82. The van der Waals surface area contributed by atoms with Crippen LogP contribution in [0.5, 0.6) is 0 Å².